The van der Waals surface area contributed by atoms with E-state index in [1.165, 1.54) is 7.11 Å². The van der Waals surface area contributed by atoms with E-state index in [4.69, 9.17) is 24.2 Å². The topological polar surface area (TPSA) is 138 Å². The summed E-state index contributed by atoms with van der Waals surface area (Å²) < 4.78 is 18.9. The van der Waals surface area contributed by atoms with Gasteiger partial charge in [-0.05, 0) is 84.4 Å². The second kappa shape index (κ2) is 13.8. The van der Waals surface area contributed by atoms with Crippen molar-refractivity contribution in [3.63, 3.8) is 0 Å². The number of carbonyl (C=O) groups excluding carboxylic acids is 2. The van der Waals surface area contributed by atoms with E-state index in [9.17, 15) is 9.59 Å². The number of methoxy groups -OCH3 is 2. The minimum atomic E-state index is -0.701. The lowest BCUT2D eigenvalue weighted by Gasteiger charge is -2.32. The first kappa shape index (κ1) is 34.6. The maximum absolute atomic E-state index is 13.9. The Morgan fingerprint density at radius 1 is 1.06 bits per heavy atom. The second-order valence-corrected chi connectivity index (χ2v) is 15.5. The quantitative estimate of drug-likeness (QED) is 0.147. The zero-order valence-corrected chi connectivity index (χ0v) is 31.4. The molecule has 0 spiro atoms. The fourth-order valence-corrected chi connectivity index (χ4v) is 8.90. The van der Waals surface area contributed by atoms with Gasteiger partial charge in [0.1, 0.15) is 30.0 Å². The number of benzene rings is 3. The van der Waals surface area contributed by atoms with Gasteiger partial charge in [0.25, 0.3) is 0 Å². The van der Waals surface area contributed by atoms with Gasteiger partial charge in [-0.1, -0.05) is 41.4 Å². The van der Waals surface area contributed by atoms with Gasteiger partial charge in [-0.25, -0.2) is 14.8 Å². The van der Waals surface area contributed by atoms with Crippen molar-refractivity contribution in [2.45, 2.75) is 70.8 Å². The number of rotatable bonds is 8. The first-order valence-corrected chi connectivity index (χ1v) is 18.6. The van der Waals surface area contributed by atoms with Gasteiger partial charge >= 0.3 is 6.09 Å². The first-order valence-electron chi connectivity index (χ1n) is 18.1. The SMILES string of the molecule is COC[C@H]1C[C@@H](c2ncc(-c3ccc4c(c3)COc3cc5c(ccc6[nH]c([C@@H]7CC[C@H](C)N7C(=O)[C@@H](NC(=O)OC)C(C)C)nc65)cc3-4)[nH]2)N(P)C1. The summed E-state index contributed by atoms with van der Waals surface area (Å²) >= 11 is 0. The lowest BCUT2D eigenvalue weighted by molar-refractivity contribution is -0.137. The molecule has 0 bridgehead atoms. The fraction of sp³-hybridized carbons (Fsp3) is 0.436. The van der Waals surface area contributed by atoms with Gasteiger partial charge in [0, 0.05) is 30.6 Å². The third-order valence-electron chi connectivity index (χ3n) is 11.0. The molecule has 6 atom stereocenters. The van der Waals surface area contributed by atoms with Crippen LogP contribution in [-0.2, 0) is 20.9 Å². The normalized spacial score (nSPS) is 22.1. The molecule has 52 heavy (non-hydrogen) atoms. The van der Waals surface area contributed by atoms with Crippen molar-refractivity contribution in [3.05, 3.63) is 65.9 Å². The summed E-state index contributed by atoms with van der Waals surface area (Å²) in [7, 11) is 5.91. The number of hydrogen-bond donors (Lipinski definition) is 3. The van der Waals surface area contributed by atoms with Crippen LogP contribution >= 0.6 is 9.39 Å². The highest BCUT2D eigenvalue weighted by molar-refractivity contribution is 7.13. The lowest BCUT2D eigenvalue weighted by Crippen LogP contribution is -2.52. The molecule has 2 amide bonds. The zero-order valence-electron chi connectivity index (χ0n) is 30.2. The Bertz CT molecular complexity index is 2160. The number of ether oxygens (including phenoxy) is 3. The minimum Gasteiger partial charge on any atom is -0.488 e. The van der Waals surface area contributed by atoms with E-state index in [1.54, 1.807) is 7.11 Å². The van der Waals surface area contributed by atoms with E-state index >= 15 is 0 Å². The number of nitrogens with one attached hydrogen (secondary N) is 3. The molecular weight excluding hydrogens is 677 g/mol. The van der Waals surface area contributed by atoms with Crippen LogP contribution in [0.4, 0.5) is 4.79 Å². The highest BCUT2D eigenvalue weighted by Gasteiger charge is 2.41. The largest absolute Gasteiger partial charge is 0.488 e. The molecule has 0 saturated carbocycles. The molecule has 8 rings (SSSR count). The van der Waals surface area contributed by atoms with E-state index < -0.39 is 12.1 Å². The number of carbonyl (C=O) groups is 2. The summed E-state index contributed by atoms with van der Waals surface area (Å²) in [6.45, 7) is 8.07. The Balaban J connectivity index is 1.07. The average molecular weight is 724 g/mol. The van der Waals surface area contributed by atoms with E-state index in [0.717, 1.165) is 99.6 Å². The van der Waals surface area contributed by atoms with E-state index in [1.807, 2.05) is 24.9 Å². The van der Waals surface area contributed by atoms with Gasteiger partial charge < -0.3 is 34.4 Å². The second-order valence-electron chi connectivity index (χ2n) is 14.8. The molecule has 3 aliphatic rings. The Morgan fingerprint density at radius 3 is 2.69 bits per heavy atom. The molecule has 5 aromatic rings. The summed E-state index contributed by atoms with van der Waals surface area (Å²) in [5.74, 6) is 2.78. The summed E-state index contributed by atoms with van der Waals surface area (Å²) in [4.78, 5) is 44.9. The van der Waals surface area contributed by atoms with Crippen LogP contribution in [0, 0.1) is 11.8 Å². The van der Waals surface area contributed by atoms with Gasteiger partial charge in [-0.3, -0.25) is 9.46 Å². The van der Waals surface area contributed by atoms with Crippen LogP contribution in [0.1, 0.15) is 69.3 Å². The van der Waals surface area contributed by atoms with Crippen molar-refractivity contribution in [1.82, 2.24) is 34.8 Å². The Kier molecular flexibility index (Phi) is 9.18. The summed E-state index contributed by atoms with van der Waals surface area (Å²) in [6, 6.07) is 14.3. The fourth-order valence-electron chi connectivity index (χ4n) is 8.34. The van der Waals surface area contributed by atoms with Gasteiger partial charge in [0.15, 0.2) is 0 Å². The number of nitrogens with zero attached hydrogens (tertiary/aromatic N) is 4. The monoisotopic (exact) mass is 723 g/mol. The van der Waals surface area contributed by atoms with Crippen LogP contribution in [-0.4, -0.2) is 81.0 Å². The van der Waals surface area contributed by atoms with Crippen LogP contribution in [0.15, 0.2) is 48.7 Å². The Hall–Kier alpha value is -4.51. The first-order chi connectivity index (χ1) is 25.1. The molecule has 272 valence electrons. The van der Waals surface area contributed by atoms with Gasteiger partial charge in [0.2, 0.25) is 5.91 Å². The number of hydrogen-bond acceptors (Lipinski definition) is 8. The van der Waals surface area contributed by atoms with Crippen molar-refractivity contribution < 1.29 is 23.8 Å². The molecular formula is C39H46N7O5P. The Morgan fingerprint density at radius 2 is 1.90 bits per heavy atom. The standard InChI is InChI=1S/C39H46N7O5P/c1-20(2)34(44-39(48)50-5)38(47)46-21(3)6-11-31(46)37-41-29-10-8-23-14-28-26-9-7-24(13-25(26)19-51-33(28)15-27(23)35(29)43-37)30-16-40-36(42-30)32-12-22(18-49-4)17-45(32)52/h7-10,13-16,20-22,31-32,34H,6,11-12,17-19,52H2,1-5H3,(H,40,42)(H,41,43)(H,44,48)/t21-,22-,31-,32-,34-/m0/s1. The number of amides is 2. The van der Waals surface area contributed by atoms with Gasteiger partial charge in [-0.15, -0.1) is 0 Å². The molecule has 12 nitrogen and oxygen atoms in total. The molecule has 2 fully saturated rings. The number of H-pyrrole nitrogens is 2. The number of fused-ring (bicyclic) bond motifs is 6. The maximum Gasteiger partial charge on any atom is 0.407 e. The number of aromatic amines is 2. The predicted octanol–water partition coefficient (Wildman–Crippen LogP) is 6.90. The molecule has 13 heteroatoms. The van der Waals surface area contributed by atoms with Crippen LogP contribution in [0.3, 0.4) is 0 Å². The van der Waals surface area contributed by atoms with Crippen molar-refractivity contribution >= 4 is 43.2 Å². The Labute approximate surface area is 305 Å². The molecule has 5 heterocycles. The van der Waals surface area contributed by atoms with Crippen LogP contribution in [0.2, 0.25) is 0 Å². The third-order valence-corrected chi connectivity index (χ3v) is 11.6. The van der Waals surface area contributed by atoms with E-state index in [-0.39, 0.29) is 30.0 Å². The smallest absolute Gasteiger partial charge is 0.407 e. The average Bonchev–Trinajstić information content (AvgIpc) is 3.95. The zero-order chi connectivity index (χ0) is 36.3. The number of imidazole rings is 2. The molecule has 0 aliphatic carbocycles. The van der Waals surface area contributed by atoms with Crippen molar-refractivity contribution in [2.24, 2.45) is 11.8 Å². The van der Waals surface area contributed by atoms with E-state index in [0.29, 0.717) is 12.5 Å². The third kappa shape index (κ3) is 6.10. The van der Waals surface area contributed by atoms with Gasteiger partial charge in [-0.2, -0.15) is 0 Å². The molecule has 0 radical (unpaired) electrons. The lowest BCUT2D eigenvalue weighted by atomic mass is 9.92. The number of alkyl carbamates (subject to hydrolysis) is 1. The van der Waals surface area contributed by atoms with Crippen LogP contribution < -0.4 is 10.1 Å². The van der Waals surface area contributed by atoms with Crippen molar-refractivity contribution in [2.75, 3.05) is 27.4 Å². The number of aromatic nitrogens is 4. The van der Waals surface area contributed by atoms with Crippen molar-refractivity contribution in [1.29, 1.82) is 0 Å². The summed E-state index contributed by atoms with van der Waals surface area (Å²) in [5.41, 5.74) is 7.13. The molecule has 2 aromatic heterocycles. The van der Waals surface area contributed by atoms with Crippen LogP contribution in [0.25, 0.3) is 44.2 Å². The van der Waals surface area contributed by atoms with Crippen molar-refractivity contribution in [3.8, 4) is 28.1 Å². The highest BCUT2D eigenvalue weighted by Crippen LogP contribution is 2.44. The van der Waals surface area contributed by atoms with Gasteiger partial charge in [0.05, 0.1) is 48.7 Å². The highest BCUT2D eigenvalue weighted by atomic mass is 31.0. The van der Waals surface area contributed by atoms with Crippen LogP contribution in [0.5, 0.6) is 5.75 Å². The summed E-state index contributed by atoms with van der Waals surface area (Å²) in [6.07, 6.45) is 3.93. The summed E-state index contributed by atoms with van der Waals surface area (Å²) in [5, 5.41) is 4.79. The molecule has 2 saturated heterocycles. The maximum atomic E-state index is 13.9. The minimum absolute atomic E-state index is 0.00132. The predicted molar refractivity (Wildman–Crippen MR) is 203 cm³/mol. The molecule has 1 unspecified atom stereocenters. The molecule has 3 N–H and O–H groups in total. The molecule has 3 aromatic carbocycles. The van der Waals surface area contributed by atoms with E-state index in [2.05, 4.69) is 78.7 Å². The molecule has 3 aliphatic heterocycles. The number of likely N-dealkylation sites (tertiary alicyclic amines) is 1.